The van der Waals surface area contributed by atoms with Crippen LogP contribution in [0.25, 0.3) is 0 Å². The van der Waals surface area contributed by atoms with Gasteiger partial charge in [0.15, 0.2) is 0 Å². The molecule has 4 nitrogen and oxygen atoms in total. The van der Waals surface area contributed by atoms with Gasteiger partial charge in [0.05, 0.1) is 18.6 Å². The second kappa shape index (κ2) is 4.75. The Kier molecular flexibility index (Phi) is 3.85. The Bertz CT molecular complexity index is 242. The van der Waals surface area contributed by atoms with Gasteiger partial charge in [0.1, 0.15) is 6.29 Å². The summed E-state index contributed by atoms with van der Waals surface area (Å²) in [5.74, 6) is -0.118. The van der Waals surface area contributed by atoms with Gasteiger partial charge in [-0.2, -0.15) is 0 Å². The Morgan fingerprint density at radius 1 is 1.40 bits per heavy atom. The van der Waals surface area contributed by atoms with Crippen LogP contribution in [0.4, 0.5) is 0 Å². The Balaban J connectivity index is 2.49. The normalized spacial score (nSPS) is 19.9. The van der Waals surface area contributed by atoms with E-state index in [1.165, 1.54) is 7.11 Å². The maximum absolute atomic E-state index is 11.3. The number of hydrogen-bond acceptors (Lipinski definition) is 4. The molecule has 15 heavy (non-hydrogen) atoms. The third-order valence-corrected chi connectivity index (χ3v) is 3.13. The highest BCUT2D eigenvalue weighted by molar-refractivity contribution is 5.72. The summed E-state index contributed by atoms with van der Waals surface area (Å²) in [7, 11) is 1.42. The highest BCUT2D eigenvalue weighted by Gasteiger charge is 2.32. The predicted molar refractivity (Wildman–Crippen MR) is 56.5 cm³/mol. The molecule has 86 valence electrons. The summed E-state index contributed by atoms with van der Waals surface area (Å²) in [4.78, 5) is 24.3. The van der Waals surface area contributed by atoms with E-state index in [4.69, 9.17) is 4.74 Å². The first-order chi connectivity index (χ1) is 7.01. The summed E-state index contributed by atoms with van der Waals surface area (Å²) in [6.07, 6.45) is 2.53. The van der Waals surface area contributed by atoms with Crippen LogP contribution in [0, 0.1) is 5.92 Å². The molecule has 0 radical (unpaired) electrons. The number of carbonyl (C=O) groups excluding carboxylic acids is 2. The number of aldehydes is 1. The summed E-state index contributed by atoms with van der Waals surface area (Å²) >= 11 is 0. The monoisotopic (exact) mass is 213 g/mol. The number of hydrogen-bond donors (Lipinski definition) is 0. The Morgan fingerprint density at radius 3 is 2.33 bits per heavy atom. The molecule has 1 heterocycles. The van der Waals surface area contributed by atoms with Crippen molar-refractivity contribution in [2.24, 2.45) is 5.92 Å². The smallest absolute Gasteiger partial charge is 0.308 e. The molecule has 4 heteroatoms. The number of methoxy groups -OCH3 is 1. The molecule has 1 saturated heterocycles. The number of esters is 1. The van der Waals surface area contributed by atoms with Crippen molar-refractivity contribution < 1.29 is 14.3 Å². The Labute approximate surface area is 90.6 Å². The molecule has 1 rings (SSSR count). The number of carbonyl (C=O) groups is 2. The lowest BCUT2D eigenvalue weighted by molar-refractivity contribution is -0.147. The van der Waals surface area contributed by atoms with E-state index in [2.05, 4.69) is 4.90 Å². The van der Waals surface area contributed by atoms with E-state index < -0.39 is 5.54 Å². The van der Waals surface area contributed by atoms with E-state index >= 15 is 0 Å². The molecule has 0 bridgehead atoms. The van der Waals surface area contributed by atoms with Gasteiger partial charge in [-0.1, -0.05) is 0 Å². The Morgan fingerprint density at radius 2 is 1.93 bits per heavy atom. The molecule has 1 fully saturated rings. The Hall–Kier alpha value is -0.900. The second-order valence-corrected chi connectivity index (χ2v) is 4.56. The van der Waals surface area contributed by atoms with E-state index in [0.717, 1.165) is 32.2 Å². The van der Waals surface area contributed by atoms with Crippen molar-refractivity contribution in [2.45, 2.75) is 32.2 Å². The molecule has 1 aliphatic heterocycles. The van der Waals surface area contributed by atoms with Gasteiger partial charge in [0.25, 0.3) is 0 Å². The molecule has 0 amide bonds. The van der Waals surface area contributed by atoms with Crippen molar-refractivity contribution in [3.63, 3.8) is 0 Å². The van der Waals surface area contributed by atoms with Crippen molar-refractivity contribution in [3.05, 3.63) is 0 Å². The van der Waals surface area contributed by atoms with Gasteiger partial charge in [-0.3, -0.25) is 9.69 Å². The fourth-order valence-electron chi connectivity index (χ4n) is 1.93. The molecule has 0 aliphatic carbocycles. The van der Waals surface area contributed by atoms with Crippen LogP contribution in [0.2, 0.25) is 0 Å². The zero-order valence-corrected chi connectivity index (χ0v) is 9.66. The molecule has 0 atom stereocenters. The molecular formula is C11H19NO3. The highest BCUT2D eigenvalue weighted by atomic mass is 16.5. The standard InChI is InChI=1S/C11H19NO3/c1-11(2,8-13)12-6-4-9(5-7-12)10(14)15-3/h8-9H,4-7H2,1-3H3. The lowest BCUT2D eigenvalue weighted by Crippen LogP contribution is -2.50. The van der Waals surface area contributed by atoms with Crippen LogP contribution < -0.4 is 0 Å². The fourth-order valence-corrected chi connectivity index (χ4v) is 1.93. The van der Waals surface area contributed by atoms with E-state index in [1.54, 1.807) is 0 Å². The highest BCUT2D eigenvalue weighted by Crippen LogP contribution is 2.23. The first-order valence-electron chi connectivity index (χ1n) is 5.30. The molecule has 0 aromatic carbocycles. The summed E-state index contributed by atoms with van der Waals surface area (Å²) in [6, 6.07) is 0. The summed E-state index contributed by atoms with van der Waals surface area (Å²) in [5, 5.41) is 0. The topological polar surface area (TPSA) is 46.6 Å². The van der Waals surface area contributed by atoms with Gasteiger partial charge in [-0.25, -0.2) is 0 Å². The van der Waals surface area contributed by atoms with Gasteiger partial charge < -0.3 is 9.53 Å². The molecule has 1 aliphatic rings. The molecule has 0 saturated carbocycles. The van der Waals surface area contributed by atoms with Crippen molar-refractivity contribution in [1.82, 2.24) is 4.90 Å². The lowest BCUT2D eigenvalue weighted by Gasteiger charge is -2.38. The van der Waals surface area contributed by atoms with Gasteiger partial charge in [-0.15, -0.1) is 0 Å². The van der Waals surface area contributed by atoms with E-state index in [9.17, 15) is 9.59 Å². The van der Waals surface area contributed by atoms with Crippen LogP contribution in [0.5, 0.6) is 0 Å². The third kappa shape index (κ3) is 2.78. The molecule has 0 unspecified atom stereocenters. The van der Waals surface area contributed by atoms with Crippen molar-refractivity contribution in [3.8, 4) is 0 Å². The lowest BCUT2D eigenvalue weighted by atomic mass is 9.93. The van der Waals surface area contributed by atoms with E-state index in [0.29, 0.717) is 0 Å². The molecule has 0 aromatic heterocycles. The summed E-state index contributed by atoms with van der Waals surface area (Å²) in [6.45, 7) is 5.37. The minimum Gasteiger partial charge on any atom is -0.469 e. The van der Waals surface area contributed by atoms with Crippen LogP contribution in [-0.2, 0) is 14.3 Å². The second-order valence-electron chi connectivity index (χ2n) is 4.56. The fraction of sp³-hybridized carbons (Fsp3) is 0.818. The third-order valence-electron chi connectivity index (χ3n) is 3.13. The maximum atomic E-state index is 11.3. The van der Waals surface area contributed by atoms with Gasteiger partial charge in [0, 0.05) is 0 Å². The van der Waals surface area contributed by atoms with E-state index in [1.807, 2.05) is 13.8 Å². The van der Waals surface area contributed by atoms with Crippen LogP contribution in [0.15, 0.2) is 0 Å². The molecular weight excluding hydrogens is 194 g/mol. The largest absolute Gasteiger partial charge is 0.469 e. The molecule has 0 N–H and O–H groups in total. The minimum absolute atomic E-state index is 0.00806. The number of nitrogens with zero attached hydrogens (tertiary/aromatic N) is 1. The van der Waals surface area contributed by atoms with Gasteiger partial charge in [-0.05, 0) is 39.8 Å². The minimum atomic E-state index is -0.416. The van der Waals surface area contributed by atoms with Crippen molar-refractivity contribution in [2.75, 3.05) is 20.2 Å². The quantitative estimate of drug-likeness (QED) is 0.515. The zero-order chi connectivity index (χ0) is 11.5. The van der Waals surface area contributed by atoms with Crippen molar-refractivity contribution in [1.29, 1.82) is 0 Å². The van der Waals surface area contributed by atoms with Crippen LogP contribution in [0.3, 0.4) is 0 Å². The molecule has 0 spiro atoms. The maximum Gasteiger partial charge on any atom is 0.308 e. The van der Waals surface area contributed by atoms with Crippen LogP contribution in [0.1, 0.15) is 26.7 Å². The van der Waals surface area contributed by atoms with Crippen LogP contribution in [-0.4, -0.2) is 42.9 Å². The molecule has 0 aromatic rings. The summed E-state index contributed by atoms with van der Waals surface area (Å²) < 4.78 is 4.71. The van der Waals surface area contributed by atoms with E-state index in [-0.39, 0.29) is 11.9 Å². The average Bonchev–Trinajstić information content (AvgIpc) is 2.28. The first kappa shape index (κ1) is 12.2. The first-order valence-corrected chi connectivity index (χ1v) is 5.30. The number of rotatable bonds is 3. The van der Waals surface area contributed by atoms with Crippen LogP contribution >= 0.6 is 0 Å². The number of piperidine rings is 1. The van der Waals surface area contributed by atoms with Crippen molar-refractivity contribution >= 4 is 12.3 Å². The number of likely N-dealkylation sites (tertiary alicyclic amines) is 1. The zero-order valence-electron chi connectivity index (χ0n) is 9.66. The average molecular weight is 213 g/mol. The summed E-state index contributed by atoms with van der Waals surface area (Å²) in [5.41, 5.74) is -0.416. The number of ether oxygens (including phenoxy) is 1. The SMILES string of the molecule is COC(=O)C1CCN(C(C)(C)C=O)CC1. The predicted octanol–water partition coefficient (Wildman–Crippen LogP) is 0.849. The van der Waals surface area contributed by atoms with Gasteiger partial charge in [0.2, 0.25) is 0 Å². The van der Waals surface area contributed by atoms with Gasteiger partial charge >= 0.3 is 5.97 Å².